The number of Topliss-reactive ketones (excluding diaryl/α,β-unsaturated/α-hetero) is 1. The third-order valence-corrected chi connectivity index (χ3v) is 5.30. The van der Waals surface area contributed by atoms with E-state index in [1.807, 2.05) is 73.6 Å². The van der Waals surface area contributed by atoms with Crippen molar-refractivity contribution in [3.8, 4) is 5.75 Å². The molecule has 1 atom stereocenters. The monoisotopic (exact) mass is 422 g/mol. The summed E-state index contributed by atoms with van der Waals surface area (Å²) in [6.07, 6.45) is 0. The molecule has 0 radical (unpaired) electrons. The van der Waals surface area contributed by atoms with E-state index in [0.29, 0.717) is 25.4 Å². The number of amides is 1. The number of benzene rings is 2. The Bertz CT molecular complexity index is 966. The normalized spacial score (nSPS) is 16.5. The minimum Gasteiger partial charge on any atom is -0.503 e. The van der Waals surface area contributed by atoms with Crippen molar-refractivity contribution in [1.29, 1.82) is 0 Å². The van der Waals surface area contributed by atoms with Gasteiger partial charge in [0.1, 0.15) is 12.4 Å². The maximum Gasteiger partial charge on any atom is 0.290 e. The molecule has 2 aromatic rings. The molecule has 1 heterocycles. The average Bonchev–Trinajstić information content (AvgIpc) is 3.01. The number of carbonyl (C=O) groups excluding carboxylic acids is 2. The summed E-state index contributed by atoms with van der Waals surface area (Å²) in [5.41, 5.74) is 1.95. The minimum absolute atomic E-state index is 0.166. The Hall–Kier alpha value is -3.12. The van der Waals surface area contributed by atoms with E-state index in [0.717, 1.165) is 11.1 Å². The number of ether oxygens (including phenoxy) is 1. The van der Waals surface area contributed by atoms with E-state index in [9.17, 15) is 14.7 Å². The van der Waals surface area contributed by atoms with Gasteiger partial charge in [0.2, 0.25) is 0 Å². The molecule has 3 rings (SSSR count). The third kappa shape index (κ3) is 5.14. The molecule has 1 N–H and O–H groups in total. The Labute approximate surface area is 183 Å². The van der Waals surface area contributed by atoms with Gasteiger partial charge in [-0.2, -0.15) is 0 Å². The highest BCUT2D eigenvalue weighted by atomic mass is 16.5. The Kier molecular flexibility index (Phi) is 7.13. The van der Waals surface area contributed by atoms with Gasteiger partial charge in [0.15, 0.2) is 11.5 Å². The van der Waals surface area contributed by atoms with Crippen LogP contribution < -0.4 is 4.74 Å². The number of aliphatic hydroxyl groups is 1. The van der Waals surface area contributed by atoms with Crippen molar-refractivity contribution in [3.63, 3.8) is 0 Å². The summed E-state index contributed by atoms with van der Waals surface area (Å²) in [7, 11) is 3.84. The quantitative estimate of drug-likeness (QED) is 0.667. The molecule has 0 saturated heterocycles. The lowest BCUT2D eigenvalue weighted by Gasteiger charge is -2.28. The van der Waals surface area contributed by atoms with Crippen LogP contribution in [0, 0.1) is 5.92 Å². The highest BCUT2D eigenvalue weighted by Gasteiger charge is 2.43. The van der Waals surface area contributed by atoms with Crippen LogP contribution in [-0.4, -0.2) is 53.8 Å². The number of ketones is 1. The first-order valence-electron chi connectivity index (χ1n) is 10.5. The molecule has 1 unspecified atom stereocenters. The van der Waals surface area contributed by atoms with E-state index in [4.69, 9.17) is 4.74 Å². The molecule has 1 amide bonds. The molecule has 31 heavy (non-hydrogen) atoms. The summed E-state index contributed by atoms with van der Waals surface area (Å²) in [4.78, 5) is 29.3. The molecule has 2 aromatic carbocycles. The fourth-order valence-corrected chi connectivity index (χ4v) is 3.62. The maximum atomic E-state index is 12.9. The van der Waals surface area contributed by atoms with E-state index >= 15 is 0 Å². The Morgan fingerprint density at radius 3 is 2.48 bits per heavy atom. The lowest BCUT2D eigenvalue weighted by molar-refractivity contribution is -0.129. The van der Waals surface area contributed by atoms with Crippen LogP contribution in [0.15, 0.2) is 65.9 Å². The number of carbonyl (C=O) groups is 2. The standard InChI is InChI=1S/C25H30N2O4/c1-17(2)23(28)21-22(27(14-13-26(3)4)25(30)24(21)29)19-11-8-12-20(15-19)31-16-18-9-6-5-7-10-18/h5-12,15,17,22,29H,13-14,16H2,1-4H3. The fraction of sp³-hybridized carbons (Fsp3) is 0.360. The summed E-state index contributed by atoms with van der Waals surface area (Å²) < 4.78 is 5.95. The van der Waals surface area contributed by atoms with E-state index in [1.165, 1.54) is 0 Å². The minimum atomic E-state index is -0.636. The Morgan fingerprint density at radius 1 is 1.13 bits per heavy atom. The third-order valence-electron chi connectivity index (χ3n) is 5.30. The highest BCUT2D eigenvalue weighted by Crippen LogP contribution is 2.39. The largest absolute Gasteiger partial charge is 0.503 e. The van der Waals surface area contributed by atoms with E-state index in [1.54, 1.807) is 18.7 Å². The number of hydrogen-bond donors (Lipinski definition) is 1. The van der Waals surface area contributed by atoms with Gasteiger partial charge in [-0.3, -0.25) is 9.59 Å². The van der Waals surface area contributed by atoms with Gasteiger partial charge in [0.05, 0.1) is 11.6 Å². The van der Waals surface area contributed by atoms with E-state index in [-0.39, 0.29) is 17.3 Å². The lowest BCUT2D eigenvalue weighted by Crippen LogP contribution is -2.36. The Balaban J connectivity index is 1.93. The SMILES string of the molecule is CC(C)C(=O)C1=C(O)C(=O)N(CCN(C)C)C1c1cccc(OCc2ccccc2)c1. The van der Waals surface area contributed by atoms with Gasteiger partial charge in [0.25, 0.3) is 5.91 Å². The smallest absolute Gasteiger partial charge is 0.290 e. The topological polar surface area (TPSA) is 70.1 Å². The molecule has 0 fully saturated rings. The molecule has 0 aliphatic carbocycles. The second kappa shape index (κ2) is 9.79. The van der Waals surface area contributed by atoms with Crippen molar-refractivity contribution in [3.05, 3.63) is 77.1 Å². The molecule has 0 saturated carbocycles. The van der Waals surface area contributed by atoms with Crippen LogP contribution in [0.25, 0.3) is 0 Å². The van der Waals surface area contributed by atoms with Crippen LogP contribution in [0.3, 0.4) is 0 Å². The predicted octanol–water partition coefficient (Wildman–Crippen LogP) is 3.75. The van der Waals surface area contributed by atoms with Crippen LogP contribution >= 0.6 is 0 Å². The van der Waals surface area contributed by atoms with Crippen molar-refractivity contribution in [1.82, 2.24) is 9.80 Å². The summed E-state index contributed by atoms with van der Waals surface area (Å²) in [5.74, 6) is -0.869. The van der Waals surface area contributed by atoms with Crippen LogP contribution in [-0.2, 0) is 16.2 Å². The van der Waals surface area contributed by atoms with E-state index in [2.05, 4.69) is 0 Å². The molecule has 164 valence electrons. The number of likely N-dealkylation sites (N-methyl/N-ethyl adjacent to an activating group) is 1. The Morgan fingerprint density at radius 2 is 1.84 bits per heavy atom. The molecule has 6 heteroatoms. The highest BCUT2D eigenvalue weighted by molar-refractivity contribution is 6.09. The molecule has 0 spiro atoms. The predicted molar refractivity (Wildman–Crippen MR) is 120 cm³/mol. The zero-order valence-electron chi connectivity index (χ0n) is 18.5. The van der Waals surface area contributed by atoms with Crippen molar-refractivity contribution in [2.45, 2.75) is 26.5 Å². The molecule has 0 aromatic heterocycles. The summed E-state index contributed by atoms with van der Waals surface area (Å²) in [6, 6.07) is 16.6. The van der Waals surface area contributed by atoms with Gasteiger partial charge in [-0.15, -0.1) is 0 Å². The van der Waals surface area contributed by atoms with Crippen LogP contribution in [0.2, 0.25) is 0 Å². The van der Waals surface area contributed by atoms with E-state index < -0.39 is 17.7 Å². The second-order valence-corrected chi connectivity index (χ2v) is 8.33. The maximum absolute atomic E-state index is 12.9. The van der Waals surface area contributed by atoms with Gasteiger partial charge in [0, 0.05) is 19.0 Å². The van der Waals surface area contributed by atoms with Crippen molar-refractivity contribution >= 4 is 11.7 Å². The first-order chi connectivity index (χ1) is 14.8. The molecular formula is C25H30N2O4. The van der Waals surface area contributed by atoms with Crippen LogP contribution in [0.4, 0.5) is 0 Å². The molecule has 6 nitrogen and oxygen atoms in total. The number of hydrogen-bond acceptors (Lipinski definition) is 5. The van der Waals surface area contributed by atoms with Crippen molar-refractivity contribution < 1.29 is 19.4 Å². The van der Waals surface area contributed by atoms with Gasteiger partial charge in [-0.1, -0.05) is 56.3 Å². The van der Waals surface area contributed by atoms with Gasteiger partial charge < -0.3 is 19.6 Å². The fourth-order valence-electron chi connectivity index (χ4n) is 3.62. The molecular weight excluding hydrogens is 392 g/mol. The van der Waals surface area contributed by atoms with Crippen LogP contribution in [0.1, 0.15) is 31.0 Å². The number of aliphatic hydroxyl groups excluding tert-OH is 1. The van der Waals surface area contributed by atoms with Crippen molar-refractivity contribution in [2.75, 3.05) is 27.2 Å². The lowest BCUT2D eigenvalue weighted by atomic mass is 9.91. The van der Waals surface area contributed by atoms with Gasteiger partial charge in [-0.05, 0) is 37.4 Å². The van der Waals surface area contributed by atoms with Gasteiger partial charge in [-0.25, -0.2) is 0 Å². The first-order valence-corrected chi connectivity index (χ1v) is 10.5. The summed E-state index contributed by atoms with van der Waals surface area (Å²) in [6.45, 7) is 4.96. The number of rotatable bonds is 9. The molecule has 1 aliphatic heterocycles. The zero-order valence-corrected chi connectivity index (χ0v) is 18.5. The first kappa shape index (κ1) is 22.6. The van der Waals surface area contributed by atoms with Crippen molar-refractivity contribution in [2.24, 2.45) is 5.92 Å². The summed E-state index contributed by atoms with van der Waals surface area (Å²) >= 11 is 0. The van der Waals surface area contributed by atoms with Crippen LogP contribution in [0.5, 0.6) is 5.75 Å². The molecule has 0 bridgehead atoms. The summed E-state index contributed by atoms with van der Waals surface area (Å²) in [5, 5.41) is 10.6. The second-order valence-electron chi connectivity index (χ2n) is 8.33. The zero-order chi connectivity index (χ0) is 22.5. The van der Waals surface area contributed by atoms with Gasteiger partial charge >= 0.3 is 0 Å². The molecule has 1 aliphatic rings. The number of nitrogens with zero attached hydrogens (tertiary/aromatic N) is 2. The average molecular weight is 423 g/mol.